The van der Waals surface area contributed by atoms with E-state index in [1.165, 1.54) is 24.3 Å². The lowest BCUT2D eigenvalue weighted by Crippen LogP contribution is -2.37. The fourth-order valence-electron chi connectivity index (χ4n) is 4.90. The zero-order chi connectivity index (χ0) is 29.0. The summed E-state index contributed by atoms with van der Waals surface area (Å²) >= 11 is 0. The minimum absolute atomic E-state index is 0.0735. The van der Waals surface area contributed by atoms with Crippen molar-refractivity contribution in [3.63, 3.8) is 0 Å². The number of nitro benzene ring substituents is 1. The summed E-state index contributed by atoms with van der Waals surface area (Å²) in [5.74, 6) is 0.705. The van der Waals surface area contributed by atoms with Crippen LogP contribution in [0.15, 0.2) is 108 Å². The van der Waals surface area contributed by atoms with Gasteiger partial charge < -0.3 is 20.6 Å². The highest BCUT2D eigenvalue weighted by molar-refractivity contribution is 6.02. The number of aliphatic imine (C=N–C) groups is 1. The molecular weight excluding hydrogens is 522 g/mol. The van der Waals surface area contributed by atoms with Gasteiger partial charge in [-0.1, -0.05) is 48.5 Å². The molecule has 1 aliphatic heterocycles. The molecule has 5 rings (SSSR count). The molecule has 0 radical (unpaired) electrons. The number of hydrogen-bond donors (Lipinski definition) is 3. The van der Waals surface area contributed by atoms with E-state index in [2.05, 4.69) is 10.6 Å². The minimum atomic E-state index is -0.859. The Bertz CT molecular complexity index is 1620. The van der Waals surface area contributed by atoms with Gasteiger partial charge in [-0.05, 0) is 55.0 Å². The molecule has 0 saturated carbocycles. The summed E-state index contributed by atoms with van der Waals surface area (Å²) in [7, 11) is 0. The number of ketones is 1. The third-order valence-corrected chi connectivity index (χ3v) is 6.97. The Morgan fingerprint density at radius 1 is 0.902 bits per heavy atom. The molecule has 4 aromatic carbocycles. The number of urea groups is 1. The second-order valence-electron chi connectivity index (χ2n) is 9.64. The number of phenolic OH excluding ortho intramolecular Hbond substituents is 1. The zero-order valence-corrected chi connectivity index (χ0v) is 22.2. The Balaban J connectivity index is 1.26. The normalized spacial score (nSPS) is 16.1. The van der Waals surface area contributed by atoms with Crippen LogP contribution in [0.1, 0.15) is 28.4 Å². The first kappa shape index (κ1) is 27.1. The van der Waals surface area contributed by atoms with Crippen LogP contribution in [0.3, 0.4) is 0 Å². The number of rotatable bonds is 8. The maximum absolute atomic E-state index is 13.3. The first-order valence-corrected chi connectivity index (χ1v) is 12.9. The number of phenols is 1. The largest absolute Gasteiger partial charge is 0.508 e. The molecule has 4 aromatic rings. The van der Waals surface area contributed by atoms with Crippen LogP contribution in [-0.2, 0) is 5.54 Å². The van der Waals surface area contributed by atoms with Crippen molar-refractivity contribution in [2.24, 2.45) is 4.99 Å². The monoisotopic (exact) mass is 549 g/mol. The molecule has 3 N–H and O–H groups in total. The quantitative estimate of drug-likeness (QED) is 0.144. The number of para-hydroxylation sites is 1. The number of nitro groups is 1. The molecule has 0 bridgehead atoms. The molecule has 0 fully saturated rings. The number of hydrogen-bond acceptors (Lipinski definition) is 7. The number of non-ortho nitro benzene ring substituents is 1. The van der Waals surface area contributed by atoms with E-state index in [0.29, 0.717) is 34.9 Å². The molecule has 2 amide bonds. The molecule has 1 unspecified atom stereocenters. The van der Waals surface area contributed by atoms with Gasteiger partial charge in [0.25, 0.3) is 5.69 Å². The number of nitrogens with one attached hydrogen (secondary N) is 2. The fourth-order valence-corrected chi connectivity index (χ4v) is 4.90. The molecule has 206 valence electrons. The van der Waals surface area contributed by atoms with Gasteiger partial charge in [0.2, 0.25) is 0 Å². The van der Waals surface area contributed by atoms with Gasteiger partial charge in [0.1, 0.15) is 11.3 Å². The molecule has 41 heavy (non-hydrogen) atoms. The Hall–Kier alpha value is -5.51. The summed E-state index contributed by atoms with van der Waals surface area (Å²) in [4.78, 5) is 42.8. The summed E-state index contributed by atoms with van der Waals surface area (Å²) in [5.41, 5.74) is 2.00. The average Bonchev–Trinajstić information content (AvgIpc) is 3.30. The van der Waals surface area contributed by atoms with E-state index in [4.69, 9.17) is 4.99 Å². The van der Waals surface area contributed by atoms with Gasteiger partial charge in [0.15, 0.2) is 5.78 Å². The predicted molar refractivity (Wildman–Crippen MR) is 157 cm³/mol. The van der Waals surface area contributed by atoms with Gasteiger partial charge >= 0.3 is 6.03 Å². The summed E-state index contributed by atoms with van der Waals surface area (Å²) in [6, 6.07) is 28.3. The van der Waals surface area contributed by atoms with E-state index in [9.17, 15) is 24.8 Å². The van der Waals surface area contributed by atoms with E-state index in [1.807, 2.05) is 54.3 Å². The third kappa shape index (κ3) is 5.76. The number of amidine groups is 1. The molecule has 0 spiro atoms. The van der Waals surface area contributed by atoms with E-state index < -0.39 is 16.5 Å². The lowest BCUT2D eigenvalue weighted by molar-refractivity contribution is -0.384. The van der Waals surface area contributed by atoms with Crippen LogP contribution >= 0.6 is 0 Å². The number of nitrogens with zero attached hydrogens (tertiary/aromatic N) is 3. The number of aromatic hydroxyl groups is 1. The minimum Gasteiger partial charge on any atom is -0.508 e. The molecular formula is C31H27N5O5. The molecule has 0 saturated heterocycles. The van der Waals surface area contributed by atoms with Crippen molar-refractivity contribution in [3.8, 4) is 5.75 Å². The molecule has 1 atom stereocenters. The van der Waals surface area contributed by atoms with Crippen molar-refractivity contribution in [3.05, 3.63) is 130 Å². The molecule has 10 heteroatoms. The van der Waals surface area contributed by atoms with E-state index >= 15 is 0 Å². The van der Waals surface area contributed by atoms with Gasteiger partial charge in [0.05, 0.1) is 23.8 Å². The van der Waals surface area contributed by atoms with Crippen molar-refractivity contribution < 1.29 is 19.6 Å². The van der Waals surface area contributed by atoms with Crippen LogP contribution in [-0.4, -0.2) is 45.7 Å². The van der Waals surface area contributed by atoms with Crippen LogP contribution in [0.25, 0.3) is 0 Å². The van der Waals surface area contributed by atoms with Crippen molar-refractivity contribution in [2.45, 2.75) is 12.5 Å². The average molecular weight is 550 g/mol. The number of carbonyl (C=O) groups excluding carboxylic acids is 2. The lowest BCUT2D eigenvalue weighted by Gasteiger charge is -2.29. The van der Waals surface area contributed by atoms with Crippen LogP contribution in [0.4, 0.5) is 21.9 Å². The number of amides is 2. The van der Waals surface area contributed by atoms with Crippen LogP contribution in [0.5, 0.6) is 5.75 Å². The van der Waals surface area contributed by atoms with Gasteiger partial charge in [-0.2, -0.15) is 0 Å². The smallest absolute Gasteiger partial charge is 0.323 e. The maximum Gasteiger partial charge on any atom is 0.323 e. The number of benzene rings is 4. The first-order valence-electron chi connectivity index (χ1n) is 12.9. The highest BCUT2D eigenvalue weighted by atomic mass is 16.6. The van der Waals surface area contributed by atoms with Crippen molar-refractivity contribution in [1.29, 1.82) is 0 Å². The Morgan fingerprint density at radius 3 is 2.10 bits per heavy atom. The van der Waals surface area contributed by atoms with E-state index in [0.717, 1.165) is 5.56 Å². The Labute approximate surface area is 236 Å². The standard InChI is InChI=1S/C31H27N5O5/c1-21-34-31(23-7-3-2-4-8-23,27-9-5-6-10-28(27)37)20-35(21)19-29(38)22-11-13-24(14-12-22)32-30(39)33-25-15-17-26(18-16-25)36(40)41/h2-18,37H,19-20H2,1H3,(H2,32,33,39). The van der Waals surface area contributed by atoms with Gasteiger partial charge in [-0.3, -0.25) is 19.9 Å². The second-order valence-corrected chi connectivity index (χ2v) is 9.64. The van der Waals surface area contributed by atoms with E-state index in [1.54, 1.807) is 36.4 Å². The van der Waals surface area contributed by atoms with Crippen LogP contribution in [0.2, 0.25) is 0 Å². The Kier molecular flexibility index (Phi) is 7.47. The number of carbonyl (C=O) groups is 2. The highest BCUT2D eigenvalue weighted by Crippen LogP contribution is 2.42. The number of Topliss-reactive ketones (excluding diaryl/α,β-unsaturated/α-hetero) is 1. The summed E-state index contributed by atoms with van der Waals surface area (Å²) in [6.07, 6.45) is 0. The molecule has 10 nitrogen and oxygen atoms in total. The second kappa shape index (κ2) is 11.3. The topological polar surface area (TPSA) is 137 Å². The van der Waals surface area contributed by atoms with Gasteiger partial charge in [-0.25, -0.2) is 4.79 Å². The van der Waals surface area contributed by atoms with Gasteiger partial charge in [-0.15, -0.1) is 0 Å². The molecule has 0 aliphatic carbocycles. The van der Waals surface area contributed by atoms with Crippen molar-refractivity contribution in [1.82, 2.24) is 4.90 Å². The molecule has 0 aromatic heterocycles. The molecule has 1 aliphatic rings. The first-order chi connectivity index (χ1) is 19.7. The SMILES string of the molecule is CC1=NC(c2ccccc2)(c2ccccc2O)CN1CC(=O)c1ccc(NC(=O)Nc2ccc([N+](=O)[O-])cc2)cc1. The fraction of sp³-hybridized carbons (Fsp3) is 0.129. The van der Waals surface area contributed by atoms with Gasteiger partial charge in [0, 0.05) is 34.6 Å². The van der Waals surface area contributed by atoms with Crippen molar-refractivity contribution in [2.75, 3.05) is 23.7 Å². The third-order valence-electron chi connectivity index (χ3n) is 6.97. The predicted octanol–water partition coefficient (Wildman–Crippen LogP) is 5.80. The van der Waals surface area contributed by atoms with Crippen molar-refractivity contribution >= 4 is 34.7 Å². The summed E-state index contributed by atoms with van der Waals surface area (Å²) in [6.45, 7) is 2.33. The summed E-state index contributed by atoms with van der Waals surface area (Å²) in [5, 5.41) is 26.8. The molecule has 1 heterocycles. The highest BCUT2D eigenvalue weighted by Gasteiger charge is 2.43. The zero-order valence-electron chi connectivity index (χ0n) is 22.2. The number of anilines is 2. The van der Waals surface area contributed by atoms with Crippen LogP contribution in [0, 0.1) is 10.1 Å². The lowest BCUT2D eigenvalue weighted by atomic mass is 9.83. The summed E-state index contributed by atoms with van der Waals surface area (Å²) < 4.78 is 0. The maximum atomic E-state index is 13.3. The Morgan fingerprint density at radius 2 is 1.49 bits per heavy atom. The van der Waals surface area contributed by atoms with Crippen LogP contribution < -0.4 is 10.6 Å². The van der Waals surface area contributed by atoms with E-state index in [-0.39, 0.29) is 23.8 Å².